The molecule has 1 nitrogen and oxygen atoms in total. The van der Waals surface area contributed by atoms with Crippen molar-refractivity contribution in [3.63, 3.8) is 0 Å². The van der Waals surface area contributed by atoms with Crippen molar-refractivity contribution < 1.29 is 5.11 Å². The van der Waals surface area contributed by atoms with Gasteiger partial charge < -0.3 is 5.11 Å². The van der Waals surface area contributed by atoms with E-state index in [1.54, 1.807) is 0 Å². The van der Waals surface area contributed by atoms with Gasteiger partial charge in [0, 0.05) is 0 Å². The summed E-state index contributed by atoms with van der Waals surface area (Å²) in [6.45, 7) is 8.63. The average molecular weight is 198 g/mol. The number of hydrogen-bond acceptors (Lipinski definition) is 1. The second kappa shape index (κ2) is 8.05. The lowest BCUT2D eigenvalue weighted by Gasteiger charge is -2.14. The molecule has 0 saturated carbocycles. The first-order chi connectivity index (χ1) is 6.56. The van der Waals surface area contributed by atoms with E-state index < -0.39 is 0 Å². The van der Waals surface area contributed by atoms with Crippen molar-refractivity contribution >= 4 is 0 Å². The van der Waals surface area contributed by atoms with E-state index in [-0.39, 0.29) is 6.10 Å². The maximum atomic E-state index is 9.61. The Kier molecular flexibility index (Phi) is 7.87. The first-order valence-electron chi connectivity index (χ1n) is 5.87. The fourth-order valence-electron chi connectivity index (χ4n) is 1.69. The van der Waals surface area contributed by atoms with Gasteiger partial charge in [-0.15, -0.1) is 0 Å². The monoisotopic (exact) mass is 198 g/mol. The molecule has 0 aromatic heterocycles. The molecule has 0 aromatic carbocycles. The Balaban J connectivity index is 3.54. The van der Waals surface area contributed by atoms with Crippen molar-refractivity contribution in [3.8, 4) is 0 Å². The molecule has 0 aromatic rings. The van der Waals surface area contributed by atoms with Crippen molar-refractivity contribution in [2.75, 3.05) is 0 Å². The molecule has 14 heavy (non-hydrogen) atoms. The highest BCUT2D eigenvalue weighted by Gasteiger charge is 2.08. The Hall–Kier alpha value is -0.300. The van der Waals surface area contributed by atoms with Gasteiger partial charge in [0.2, 0.25) is 0 Å². The first-order valence-corrected chi connectivity index (χ1v) is 5.87. The van der Waals surface area contributed by atoms with E-state index in [4.69, 9.17) is 0 Å². The SMILES string of the molecule is CCCC(O)CC(C)CCC=C(C)C. The average Bonchev–Trinajstić information content (AvgIpc) is 2.03. The molecule has 0 aliphatic carbocycles. The van der Waals surface area contributed by atoms with Gasteiger partial charge in [-0.25, -0.2) is 0 Å². The van der Waals surface area contributed by atoms with E-state index in [1.165, 1.54) is 12.0 Å². The number of aliphatic hydroxyl groups is 1. The molecule has 0 fully saturated rings. The highest BCUT2D eigenvalue weighted by molar-refractivity contribution is 4.92. The van der Waals surface area contributed by atoms with Crippen molar-refractivity contribution in [1.29, 1.82) is 0 Å². The Bertz CT molecular complexity index is 157. The smallest absolute Gasteiger partial charge is 0.0542 e. The van der Waals surface area contributed by atoms with Gasteiger partial charge in [-0.3, -0.25) is 0 Å². The minimum absolute atomic E-state index is 0.0818. The summed E-state index contributed by atoms with van der Waals surface area (Å²) in [6, 6.07) is 0. The molecule has 0 saturated heterocycles. The van der Waals surface area contributed by atoms with Crippen LogP contribution in [-0.4, -0.2) is 11.2 Å². The van der Waals surface area contributed by atoms with E-state index in [0.717, 1.165) is 25.7 Å². The third-order valence-corrected chi connectivity index (χ3v) is 2.51. The van der Waals surface area contributed by atoms with Crippen LogP contribution >= 0.6 is 0 Å². The quantitative estimate of drug-likeness (QED) is 0.615. The van der Waals surface area contributed by atoms with Crippen molar-refractivity contribution in [3.05, 3.63) is 11.6 Å². The molecule has 2 unspecified atom stereocenters. The Labute approximate surface area is 89.2 Å². The zero-order chi connectivity index (χ0) is 11.0. The molecular formula is C13H26O. The van der Waals surface area contributed by atoms with Gasteiger partial charge in [0.15, 0.2) is 0 Å². The molecule has 0 radical (unpaired) electrons. The van der Waals surface area contributed by atoms with Crippen LogP contribution in [0.1, 0.15) is 59.8 Å². The third-order valence-electron chi connectivity index (χ3n) is 2.51. The zero-order valence-corrected chi connectivity index (χ0v) is 10.2. The summed E-state index contributed by atoms with van der Waals surface area (Å²) >= 11 is 0. The Morgan fingerprint density at radius 2 is 1.93 bits per heavy atom. The fraction of sp³-hybridized carbons (Fsp3) is 0.846. The molecule has 2 atom stereocenters. The van der Waals surface area contributed by atoms with Crippen LogP contribution in [0.25, 0.3) is 0 Å². The van der Waals surface area contributed by atoms with Gasteiger partial charge in [0.25, 0.3) is 0 Å². The summed E-state index contributed by atoms with van der Waals surface area (Å²) in [6.07, 6.45) is 7.55. The van der Waals surface area contributed by atoms with Crippen LogP contribution in [-0.2, 0) is 0 Å². The molecule has 84 valence electrons. The summed E-state index contributed by atoms with van der Waals surface area (Å²) in [7, 11) is 0. The molecule has 0 spiro atoms. The zero-order valence-electron chi connectivity index (χ0n) is 10.2. The van der Waals surface area contributed by atoms with Gasteiger partial charge in [-0.2, -0.15) is 0 Å². The standard InChI is InChI=1S/C13H26O/c1-5-7-13(14)10-12(4)9-6-8-11(2)3/h8,12-14H,5-7,9-10H2,1-4H3. The molecule has 0 rings (SSSR count). The van der Waals surface area contributed by atoms with Gasteiger partial charge in [-0.1, -0.05) is 31.9 Å². The third kappa shape index (κ3) is 8.31. The Morgan fingerprint density at radius 1 is 1.29 bits per heavy atom. The van der Waals surface area contributed by atoms with E-state index in [2.05, 4.69) is 33.8 Å². The largest absolute Gasteiger partial charge is 0.393 e. The van der Waals surface area contributed by atoms with Crippen LogP contribution in [0.2, 0.25) is 0 Å². The predicted molar refractivity (Wildman–Crippen MR) is 63.4 cm³/mol. The number of allylic oxidation sites excluding steroid dienone is 2. The normalized spacial score (nSPS) is 14.9. The van der Waals surface area contributed by atoms with Gasteiger partial charge in [0.1, 0.15) is 0 Å². The number of rotatable bonds is 7. The molecule has 0 aliphatic rings. The number of hydrogen-bond donors (Lipinski definition) is 1. The molecule has 0 bridgehead atoms. The lowest BCUT2D eigenvalue weighted by molar-refractivity contribution is 0.133. The maximum Gasteiger partial charge on any atom is 0.0542 e. The topological polar surface area (TPSA) is 20.2 Å². The molecule has 1 heteroatoms. The van der Waals surface area contributed by atoms with Crippen LogP contribution in [0.15, 0.2) is 11.6 Å². The second-order valence-electron chi connectivity index (χ2n) is 4.64. The lowest BCUT2D eigenvalue weighted by atomic mass is 9.96. The van der Waals surface area contributed by atoms with E-state index in [0.29, 0.717) is 5.92 Å². The predicted octanol–water partition coefficient (Wildman–Crippen LogP) is 3.92. The second-order valence-corrected chi connectivity index (χ2v) is 4.64. The van der Waals surface area contributed by atoms with Crippen LogP contribution in [0.4, 0.5) is 0 Å². The van der Waals surface area contributed by atoms with E-state index >= 15 is 0 Å². The molecule has 0 heterocycles. The van der Waals surface area contributed by atoms with Gasteiger partial charge >= 0.3 is 0 Å². The summed E-state index contributed by atoms with van der Waals surface area (Å²) in [5, 5.41) is 9.61. The van der Waals surface area contributed by atoms with Crippen molar-refractivity contribution in [2.24, 2.45) is 5.92 Å². The van der Waals surface area contributed by atoms with Crippen LogP contribution in [0, 0.1) is 5.92 Å². The van der Waals surface area contributed by atoms with Crippen molar-refractivity contribution in [2.45, 2.75) is 65.9 Å². The minimum Gasteiger partial charge on any atom is -0.393 e. The summed E-state index contributed by atoms with van der Waals surface area (Å²) in [5.41, 5.74) is 1.39. The summed E-state index contributed by atoms with van der Waals surface area (Å²) < 4.78 is 0. The highest BCUT2D eigenvalue weighted by Crippen LogP contribution is 2.16. The molecule has 0 aliphatic heterocycles. The van der Waals surface area contributed by atoms with Gasteiger partial charge in [0.05, 0.1) is 6.10 Å². The van der Waals surface area contributed by atoms with Crippen LogP contribution in [0.3, 0.4) is 0 Å². The number of aliphatic hydroxyl groups excluding tert-OH is 1. The lowest BCUT2D eigenvalue weighted by Crippen LogP contribution is -2.11. The maximum absolute atomic E-state index is 9.61. The van der Waals surface area contributed by atoms with Gasteiger partial charge in [-0.05, 0) is 45.4 Å². The molecule has 0 amide bonds. The van der Waals surface area contributed by atoms with E-state index in [1.807, 2.05) is 0 Å². The fourth-order valence-corrected chi connectivity index (χ4v) is 1.69. The van der Waals surface area contributed by atoms with Crippen LogP contribution < -0.4 is 0 Å². The van der Waals surface area contributed by atoms with E-state index in [9.17, 15) is 5.11 Å². The highest BCUT2D eigenvalue weighted by atomic mass is 16.3. The first kappa shape index (κ1) is 13.7. The van der Waals surface area contributed by atoms with Crippen LogP contribution in [0.5, 0.6) is 0 Å². The Morgan fingerprint density at radius 3 is 2.43 bits per heavy atom. The summed E-state index contributed by atoms with van der Waals surface area (Å²) in [4.78, 5) is 0. The molecular weight excluding hydrogens is 172 g/mol. The van der Waals surface area contributed by atoms with Crippen molar-refractivity contribution in [1.82, 2.24) is 0 Å². The summed E-state index contributed by atoms with van der Waals surface area (Å²) in [5.74, 6) is 0.646. The minimum atomic E-state index is -0.0818. The molecule has 1 N–H and O–H groups in total.